The van der Waals surface area contributed by atoms with Crippen molar-refractivity contribution in [3.05, 3.63) is 0 Å². The van der Waals surface area contributed by atoms with Gasteiger partial charge in [-0.2, -0.15) is 10.5 Å². The van der Waals surface area contributed by atoms with Crippen LogP contribution in [0.3, 0.4) is 0 Å². The van der Waals surface area contributed by atoms with Crippen LogP contribution in [0, 0.1) is 5.92 Å². The van der Waals surface area contributed by atoms with Crippen molar-refractivity contribution in [2.24, 2.45) is 5.92 Å². The first-order valence-corrected chi connectivity index (χ1v) is 7.84. The summed E-state index contributed by atoms with van der Waals surface area (Å²) < 4.78 is 0. The molecule has 2 aliphatic rings. The van der Waals surface area contributed by atoms with E-state index in [9.17, 15) is 0 Å². The molecule has 0 bridgehead atoms. The molecule has 3 unspecified atom stereocenters. The van der Waals surface area contributed by atoms with Gasteiger partial charge in [-0.15, -0.1) is 0 Å². The molecular formula is C13H24S. The van der Waals surface area contributed by atoms with Gasteiger partial charge in [0.15, 0.2) is 0 Å². The summed E-state index contributed by atoms with van der Waals surface area (Å²) in [6, 6.07) is 0. The molecule has 2 rings (SSSR count). The Morgan fingerprint density at radius 1 is 1.36 bits per heavy atom. The number of fused-ring (bicyclic) bond motifs is 1. The van der Waals surface area contributed by atoms with Crippen LogP contribution < -0.4 is 0 Å². The van der Waals surface area contributed by atoms with Crippen LogP contribution in [0.2, 0.25) is 0 Å². The molecule has 1 aliphatic heterocycles. The minimum atomic E-state index is 0.728. The Hall–Kier alpha value is 0.220. The summed E-state index contributed by atoms with van der Waals surface area (Å²) in [7, 11) is 0.728. The minimum absolute atomic E-state index is 0.728. The van der Waals surface area contributed by atoms with E-state index in [0.717, 1.165) is 21.7 Å². The maximum atomic E-state index is 2.50. The van der Waals surface area contributed by atoms with Crippen molar-refractivity contribution < 1.29 is 0 Å². The van der Waals surface area contributed by atoms with Crippen molar-refractivity contribution in [3.63, 3.8) is 0 Å². The second-order valence-electron chi connectivity index (χ2n) is 4.94. The highest BCUT2D eigenvalue weighted by molar-refractivity contribution is 8.16. The van der Waals surface area contributed by atoms with Crippen LogP contribution in [0.25, 0.3) is 0 Å². The fourth-order valence-electron chi connectivity index (χ4n) is 3.06. The van der Waals surface area contributed by atoms with Gasteiger partial charge < -0.3 is 0 Å². The summed E-state index contributed by atoms with van der Waals surface area (Å²) in [6.45, 7) is 4.83. The molecule has 0 spiro atoms. The second kappa shape index (κ2) is 4.83. The molecule has 0 saturated heterocycles. The summed E-state index contributed by atoms with van der Waals surface area (Å²) in [6.07, 6.45) is 10.4. The molecule has 1 heterocycles. The standard InChI is InChI=1S/C13H24S/c1-3-4-9-14-11(2)10-12-7-5-6-8-13(12)14/h11-12H,3-10H2,1-2H3. The van der Waals surface area contributed by atoms with Gasteiger partial charge in [0.05, 0.1) is 0 Å². The van der Waals surface area contributed by atoms with E-state index in [1.807, 2.05) is 4.86 Å². The van der Waals surface area contributed by atoms with Crippen molar-refractivity contribution in [2.45, 2.75) is 64.0 Å². The lowest BCUT2D eigenvalue weighted by molar-refractivity contribution is 0.513. The third-order valence-corrected chi connectivity index (χ3v) is 6.94. The van der Waals surface area contributed by atoms with E-state index < -0.39 is 0 Å². The maximum absolute atomic E-state index is 2.50. The van der Waals surface area contributed by atoms with Gasteiger partial charge in [-0.25, -0.2) is 0 Å². The largest absolute Gasteiger partial charge is 0.183 e. The van der Waals surface area contributed by atoms with Crippen molar-refractivity contribution in [1.29, 1.82) is 0 Å². The van der Waals surface area contributed by atoms with Crippen LogP contribution >= 0.6 is 10.5 Å². The highest BCUT2D eigenvalue weighted by Crippen LogP contribution is 2.44. The Balaban J connectivity index is 2.08. The van der Waals surface area contributed by atoms with Crippen LogP contribution in [0.15, 0.2) is 0 Å². The van der Waals surface area contributed by atoms with E-state index in [2.05, 4.69) is 13.8 Å². The molecule has 0 nitrogen and oxygen atoms in total. The molecule has 14 heavy (non-hydrogen) atoms. The third kappa shape index (κ3) is 2.08. The molecule has 1 fully saturated rings. The maximum Gasteiger partial charge on any atom is -0.00252 e. The van der Waals surface area contributed by atoms with Gasteiger partial charge in [0.2, 0.25) is 0 Å². The molecule has 0 aromatic carbocycles. The van der Waals surface area contributed by atoms with Gasteiger partial charge in [0.1, 0.15) is 0 Å². The number of unbranched alkanes of at least 4 members (excludes halogenated alkanes) is 1. The van der Waals surface area contributed by atoms with Crippen molar-refractivity contribution in [2.75, 3.05) is 5.75 Å². The Morgan fingerprint density at radius 3 is 3.00 bits per heavy atom. The molecule has 1 heteroatoms. The summed E-state index contributed by atoms with van der Waals surface area (Å²) in [5, 5.41) is 1.03. The van der Waals surface area contributed by atoms with E-state index in [4.69, 9.17) is 0 Å². The minimum Gasteiger partial charge on any atom is -0.183 e. The van der Waals surface area contributed by atoms with Crippen molar-refractivity contribution in [3.8, 4) is 0 Å². The molecule has 0 aromatic heterocycles. The number of hydrogen-bond donors (Lipinski definition) is 0. The first kappa shape index (κ1) is 10.7. The van der Waals surface area contributed by atoms with Gasteiger partial charge >= 0.3 is 0 Å². The highest BCUT2D eigenvalue weighted by Gasteiger charge is 2.30. The zero-order valence-electron chi connectivity index (χ0n) is 9.72. The molecule has 3 atom stereocenters. The Morgan fingerprint density at radius 2 is 2.21 bits per heavy atom. The lowest BCUT2D eigenvalue weighted by Gasteiger charge is -2.21. The average molecular weight is 212 g/mol. The fraction of sp³-hybridized carbons (Fsp3) is 0.923. The van der Waals surface area contributed by atoms with Gasteiger partial charge in [-0.1, -0.05) is 26.7 Å². The zero-order chi connectivity index (χ0) is 9.97. The first-order valence-electron chi connectivity index (χ1n) is 6.38. The van der Waals surface area contributed by atoms with E-state index in [1.165, 1.54) is 50.7 Å². The van der Waals surface area contributed by atoms with Gasteiger partial charge in [0, 0.05) is 0 Å². The Labute approximate surface area is 91.4 Å². The molecular weight excluding hydrogens is 188 g/mol. The van der Waals surface area contributed by atoms with E-state index in [-0.39, 0.29) is 0 Å². The third-order valence-electron chi connectivity index (χ3n) is 3.84. The smallest absolute Gasteiger partial charge is 0.00252 e. The summed E-state index contributed by atoms with van der Waals surface area (Å²) in [5.74, 6) is 2.57. The molecule has 0 N–H and O–H groups in total. The quantitative estimate of drug-likeness (QED) is 0.615. The first-order chi connectivity index (χ1) is 6.83. The molecule has 0 aromatic rings. The number of rotatable bonds is 3. The van der Waals surface area contributed by atoms with Gasteiger partial charge in [0.25, 0.3) is 0 Å². The van der Waals surface area contributed by atoms with E-state index in [0.29, 0.717) is 0 Å². The SMILES string of the molecule is CCCCS1=C2CCCCC2CC1C. The van der Waals surface area contributed by atoms with Gasteiger partial charge in [-0.05, 0) is 53.9 Å². The topological polar surface area (TPSA) is 0 Å². The average Bonchev–Trinajstić information content (AvgIpc) is 2.51. The molecule has 0 radical (unpaired) electrons. The van der Waals surface area contributed by atoms with Crippen LogP contribution in [0.4, 0.5) is 0 Å². The monoisotopic (exact) mass is 212 g/mol. The summed E-state index contributed by atoms with van der Waals surface area (Å²) in [5.41, 5.74) is 0. The Bertz CT molecular complexity index is 229. The van der Waals surface area contributed by atoms with Gasteiger partial charge in [-0.3, -0.25) is 0 Å². The van der Waals surface area contributed by atoms with Crippen LogP contribution in [-0.2, 0) is 0 Å². The van der Waals surface area contributed by atoms with Crippen molar-refractivity contribution in [1.82, 2.24) is 0 Å². The molecule has 1 aliphatic carbocycles. The van der Waals surface area contributed by atoms with E-state index >= 15 is 0 Å². The lowest BCUT2D eigenvalue weighted by atomic mass is 9.86. The summed E-state index contributed by atoms with van der Waals surface area (Å²) in [4.78, 5) is 2.01. The zero-order valence-corrected chi connectivity index (χ0v) is 10.5. The normalized spacial score (nSPS) is 37.3. The van der Waals surface area contributed by atoms with Crippen LogP contribution in [0.1, 0.15) is 58.8 Å². The molecule has 82 valence electrons. The van der Waals surface area contributed by atoms with Crippen LogP contribution in [0.5, 0.6) is 0 Å². The predicted octanol–water partition coefficient (Wildman–Crippen LogP) is 4.21. The lowest BCUT2D eigenvalue weighted by Crippen LogP contribution is -2.15. The Kier molecular flexibility index (Phi) is 3.70. The van der Waals surface area contributed by atoms with Crippen LogP contribution in [-0.4, -0.2) is 15.9 Å². The second-order valence-corrected chi connectivity index (χ2v) is 7.54. The summed E-state index contributed by atoms with van der Waals surface area (Å²) >= 11 is 0. The molecule has 0 amide bonds. The number of hydrogen-bond acceptors (Lipinski definition) is 0. The van der Waals surface area contributed by atoms with Crippen molar-refractivity contribution >= 4 is 15.3 Å². The predicted molar refractivity (Wildman–Crippen MR) is 68.4 cm³/mol. The fourth-order valence-corrected chi connectivity index (χ4v) is 6.35. The molecule has 1 saturated carbocycles. The highest BCUT2D eigenvalue weighted by atomic mass is 32.2. The van der Waals surface area contributed by atoms with E-state index in [1.54, 1.807) is 0 Å².